The van der Waals surface area contributed by atoms with Gasteiger partial charge in [0, 0.05) is 32.7 Å². The van der Waals surface area contributed by atoms with Crippen LogP contribution in [0.3, 0.4) is 0 Å². The van der Waals surface area contributed by atoms with Crippen LogP contribution in [-0.4, -0.2) is 48.6 Å². The van der Waals surface area contributed by atoms with Gasteiger partial charge in [-0.1, -0.05) is 6.07 Å². The number of carbonyl (C=O) groups is 1. The Morgan fingerprint density at radius 2 is 2.38 bits per heavy atom. The molecule has 0 aliphatic carbocycles. The molecular weight excluding hydrogens is 281 g/mol. The lowest BCUT2D eigenvalue weighted by Crippen LogP contribution is -2.48. The van der Waals surface area contributed by atoms with E-state index in [4.69, 9.17) is 4.74 Å². The van der Waals surface area contributed by atoms with Crippen molar-refractivity contribution in [2.24, 2.45) is 0 Å². The van der Waals surface area contributed by atoms with Crippen LogP contribution in [0.5, 0.6) is 0 Å². The molecule has 1 aromatic carbocycles. The Kier molecular flexibility index (Phi) is 4.81. The molecule has 114 valence electrons. The number of halogens is 1. The van der Waals surface area contributed by atoms with E-state index in [2.05, 4.69) is 5.32 Å². The van der Waals surface area contributed by atoms with Crippen molar-refractivity contribution in [2.45, 2.75) is 12.6 Å². The molecule has 0 radical (unpaired) electrons. The number of nitrogens with zero attached hydrogens (tertiary/aromatic N) is 2. The van der Waals surface area contributed by atoms with Gasteiger partial charge in [-0.3, -0.25) is 19.8 Å². The Balaban J connectivity index is 2.15. The lowest BCUT2D eigenvalue weighted by Gasteiger charge is -2.31. The topological polar surface area (TPSA) is 84.7 Å². The van der Waals surface area contributed by atoms with Crippen LogP contribution >= 0.6 is 0 Å². The van der Waals surface area contributed by atoms with E-state index in [-0.39, 0.29) is 30.2 Å². The van der Waals surface area contributed by atoms with Gasteiger partial charge >= 0.3 is 0 Å². The van der Waals surface area contributed by atoms with Crippen molar-refractivity contribution >= 4 is 11.6 Å². The van der Waals surface area contributed by atoms with E-state index in [0.717, 1.165) is 0 Å². The number of hydrogen-bond acceptors (Lipinski definition) is 5. The summed E-state index contributed by atoms with van der Waals surface area (Å²) >= 11 is 0. The monoisotopic (exact) mass is 297 g/mol. The lowest BCUT2D eigenvalue weighted by molar-refractivity contribution is -0.386. The van der Waals surface area contributed by atoms with Crippen LogP contribution in [0.4, 0.5) is 10.1 Å². The number of nitro benzene ring substituents is 1. The highest BCUT2D eigenvalue weighted by Gasteiger charge is 2.28. The Labute approximate surface area is 120 Å². The van der Waals surface area contributed by atoms with Crippen LogP contribution < -0.4 is 5.32 Å². The second-order valence-electron chi connectivity index (χ2n) is 4.70. The molecule has 2 rings (SSSR count). The highest BCUT2D eigenvalue weighted by Crippen LogP contribution is 2.23. The first kappa shape index (κ1) is 15.3. The highest BCUT2D eigenvalue weighted by molar-refractivity contribution is 5.80. The molecule has 0 saturated carbocycles. The maximum Gasteiger partial charge on any atom is 0.276 e. The number of nitrogens with one attached hydrogen (secondary N) is 1. The zero-order valence-electron chi connectivity index (χ0n) is 11.5. The minimum absolute atomic E-state index is 0.0278. The Hall–Kier alpha value is -2.06. The van der Waals surface area contributed by atoms with Gasteiger partial charge in [0.2, 0.25) is 5.91 Å². The maximum absolute atomic E-state index is 13.8. The Bertz CT molecular complexity index is 552. The van der Waals surface area contributed by atoms with Gasteiger partial charge in [0.15, 0.2) is 0 Å². The van der Waals surface area contributed by atoms with Gasteiger partial charge in [0.1, 0.15) is 11.9 Å². The average molecular weight is 297 g/mol. The van der Waals surface area contributed by atoms with Gasteiger partial charge in [-0.25, -0.2) is 4.39 Å². The SMILES string of the molecule is CNC(=O)[C@@H]1CN(Cc2c(F)cccc2[N+](=O)[O-])CCO1. The number of nitro groups is 1. The van der Waals surface area contributed by atoms with Gasteiger partial charge in [-0.2, -0.15) is 0 Å². The third kappa shape index (κ3) is 3.53. The van der Waals surface area contributed by atoms with E-state index >= 15 is 0 Å². The van der Waals surface area contributed by atoms with Gasteiger partial charge in [-0.15, -0.1) is 0 Å². The zero-order valence-corrected chi connectivity index (χ0v) is 11.5. The van der Waals surface area contributed by atoms with Crippen molar-refractivity contribution in [3.8, 4) is 0 Å². The number of ether oxygens (including phenoxy) is 1. The van der Waals surface area contributed by atoms with E-state index < -0.39 is 16.8 Å². The van der Waals surface area contributed by atoms with Crippen LogP contribution in [0.25, 0.3) is 0 Å². The van der Waals surface area contributed by atoms with Crippen LogP contribution in [-0.2, 0) is 16.1 Å². The smallest absolute Gasteiger partial charge is 0.276 e. The van der Waals surface area contributed by atoms with E-state index in [1.54, 1.807) is 4.90 Å². The van der Waals surface area contributed by atoms with Gasteiger partial charge in [0.05, 0.1) is 17.1 Å². The summed E-state index contributed by atoms with van der Waals surface area (Å²) in [6.07, 6.45) is -0.644. The summed E-state index contributed by atoms with van der Waals surface area (Å²) in [6.45, 7) is 1.14. The first-order valence-corrected chi connectivity index (χ1v) is 6.50. The second kappa shape index (κ2) is 6.59. The number of morpholine rings is 1. The average Bonchev–Trinajstić information content (AvgIpc) is 2.48. The molecule has 1 amide bonds. The van der Waals surface area contributed by atoms with Crippen molar-refractivity contribution in [1.82, 2.24) is 10.2 Å². The molecule has 1 N–H and O–H groups in total. The summed E-state index contributed by atoms with van der Waals surface area (Å²) in [5, 5.41) is 13.5. The van der Waals surface area contributed by atoms with Crippen LogP contribution in [0.2, 0.25) is 0 Å². The summed E-state index contributed by atoms with van der Waals surface area (Å²) in [5.74, 6) is -0.880. The predicted molar refractivity (Wildman–Crippen MR) is 72.1 cm³/mol. The molecule has 8 heteroatoms. The fourth-order valence-corrected chi connectivity index (χ4v) is 2.26. The lowest BCUT2D eigenvalue weighted by atomic mass is 10.1. The van der Waals surface area contributed by atoms with Crippen LogP contribution in [0, 0.1) is 15.9 Å². The number of amides is 1. The molecule has 1 atom stereocenters. The van der Waals surface area contributed by atoms with Gasteiger partial charge in [0.25, 0.3) is 5.69 Å². The number of rotatable bonds is 4. The summed E-state index contributed by atoms with van der Waals surface area (Å²) in [4.78, 5) is 23.7. The third-order valence-corrected chi connectivity index (χ3v) is 3.36. The standard InChI is InChI=1S/C13H16FN3O4/c1-15-13(18)12-8-16(5-6-21-12)7-9-10(14)3-2-4-11(9)17(19)20/h2-4,12H,5-8H2,1H3,(H,15,18)/t12-/m0/s1. The number of benzene rings is 1. The molecule has 0 aromatic heterocycles. The van der Waals surface area contributed by atoms with Crippen LogP contribution in [0.15, 0.2) is 18.2 Å². The third-order valence-electron chi connectivity index (χ3n) is 3.36. The van der Waals surface area contributed by atoms with E-state index in [1.807, 2.05) is 0 Å². The largest absolute Gasteiger partial charge is 0.366 e. The molecule has 1 aliphatic heterocycles. The molecule has 1 fully saturated rings. The number of likely N-dealkylation sites (N-methyl/N-ethyl adjacent to an activating group) is 1. The number of hydrogen-bond donors (Lipinski definition) is 1. The molecule has 1 aliphatic rings. The summed E-state index contributed by atoms with van der Waals surface area (Å²) in [7, 11) is 1.51. The predicted octanol–water partition coefficient (Wildman–Crippen LogP) is 0.681. The van der Waals surface area contributed by atoms with Crippen molar-refractivity contribution in [1.29, 1.82) is 0 Å². The summed E-state index contributed by atoms with van der Waals surface area (Å²) in [5.41, 5.74) is -0.224. The summed E-state index contributed by atoms with van der Waals surface area (Å²) in [6, 6.07) is 3.78. The van der Waals surface area contributed by atoms with Crippen molar-refractivity contribution < 1.29 is 18.8 Å². The second-order valence-corrected chi connectivity index (χ2v) is 4.70. The molecule has 1 saturated heterocycles. The van der Waals surface area contributed by atoms with Gasteiger partial charge in [-0.05, 0) is 6.07 Å². The molecule has 1 aromatic rings. The fraction of sp³-hybridized carbons (Fsp3) is 0.462. The molecule has 0 spiro atoms. The molecule has 7 nitrogen and oxygen atoms in total. The van der Waals surface area contributed by atoms with Crippen molar-refractivity contribution in [3.63, 3.8) is 0 Å². The first-order valence-electron chi connectivity index (χ1n) is 6.50. The van der Waals surface area contributed by atoms with E-state index in [9.17, 15) is 19.3 Å². The maximum atomic E-state index is 13.8. The van der Waals surface area contributed by atoms with Gasteiger partial charge < -0.3 is 10.1 Å². The molecule has 21 heavy (non-hydrogen) atoms. The van der Waals surface area contributed by atoms with Crippen molar-refractivity contribution in [3.05, 3.63) is 39.7 Å². The normalized spacial score (nSPS) is 19.2. The van der Waals surface area contributed by atoms with Crippen molar-refractivity contribution in [2.75, 3.05) is 26.7 Å². The highest BCUT2D eigenvalue weighted by atomic mass is 19.1. The van der Waals surface area contributed by atoms with E-state index in [0.29, 0.717) is 13.2 Å². The first-order chi connectivity index (χ1) is 10.0. The fourth-order valence-electron chi connectivity index (χ4n) is 2.26. The molecule has 0 unspecified atom stereocenters. The van der Waals surface area contributed by atoms with E-state index in [1.165, 1.54) is 25.2 Å². The molecule has 0 bridgehead atoms. The Morgan fingerprint density at radius 1 is 1.62 bits per heavy atom. The number of carbonyl (C=O) groups excluding carboxylic acids is 1. The minimum atomic E-state index is -0.644. The molecular formula is C13H16FN3O4. The Morgan fingerprint density at radius 3 is 3.05 bits per heavy atom. The van der Waals surface area contributed by atoms with Crippen LogP contribution in [0.1, 0.15) is 5.56 Å². The molecule has 1 heterocycles. The quantitative estimate of drug-likeness (QED) is 0.652. The summed E-state index contributed by atoms with van der Waals surface area (Å²) < 4.78 is 19.2. The minimum Gasteiger partial charge on any atom is -0.366 e. The zero-order chi connectivity index (χ0) is 15.4.